The molecule has 8 nitrogen and oxygen atoms in total. The average molecular weight is 597 g/mol. The van der Waals surface area contributed by atoms with Crippen molar-refractivity contribution in [1.82, 2.24) is 4.57 Å². The van der Waals surface area contributed by atoms with Gasteiger partial charge in [0.05, 0.1) is 29.8 Å². The Balaban J connectivity index is 1.24. The largest absolute Gasteiger partial charge is 0.492 e. The lowest BCUT2D eigenvalue weighted by Gasteiger charge is -2.24. The fourth-order valence-corrected chi connectivity index (χ4v) is 6.18. The van der Waals surface area contributed by atoms with Gasteiger partial charge >= 0.3 is 10.8 Å². The van der Waals surface area contributed by atoms with E-state index in [-0.39, 0.29) is 16.6 Å². The van der Waals surface area contributed by atoms with E-state index < -0.39 is 11.8 Å². The van der Waals surface area contributed by atoms with E-state index >= 15 is 0 Å². The number of oxime groups is 1. The first-order chi connectivity index (χ1) is 20.9. The highest BCUT2D eigenvalue weighted by molar-refractivity contribution is 7.16. The molecule has 43 heavy (non-hydrogen) atoms. The molecule has 0 fully saturated rings. The first-order valence-electron chi connectivity index (χ1n) is 13.9. The van der Waals surface area contributed by atoms with Crippen LogP contribution in [0.2, 0.25) is 0 Å². The van der Waals surface area contributed by atoms with Gasteiger partial charge in [-0.05, 0) is 54.8 Å². The Morgan fingerprint density at radius 2 is 1.77 bits per heavy atom. The highest BCUT2D eigenvalue weighted by atomic mass is 32.1. The van der Waals surface area contributed by atoms with Crippen molar-refractivity contribution in [2.24, 2.45) is 17.0 Å². The third kappa shape index (κ3) is 6.67. The number of aromatic nitrogens is 1. The predicted molar refractivity (Wildman–Crippen MR) is 168 cm³/mol. The minimum Gasteiger partial charge on any atom is -0.492 e. The van der Waals surface area contributed by atoms with Gasteiger partial charge in [-0.1, -0.05) is 77.2 Å². The number of esters is 1. The Bertz CT molecular complexity index is 1770. The number of ketones is 1. The molecule has 0 radical (unpaired) electrons. The molecule has 1 aromatic heterocycles. The number of fused-ring (bicyclic) bond motifs is 1. The molecule has 1 aliphatic carbocycles. The third-order valence-electron chi connectivity index (χ3n) is 7.47. The van der Waals surface area contributed by atoms with Crippen molar-refractivity contribution in [2.75, 3.05) is 20.8 Å². The van der Waals surface area contributed by atoms with Crippen LogP contribution in [0.1, 0.15) is 23.6 Å². The van der Waals surface area contributed by atoms with Gasteiger partial charge in [0.2, 0.25) is 0 Å². The van der Waals surface area contributed by atoms with Gasteiger partial charge in [-0.2, -0.15) is 0 Å². The van der Waals surface area contributed by atoms with E-state index in [4.69, 9.17) is 14.3 Å². The van der Waals surface area contributed by atoms with Crippen molar-refractivity contribution in [1.29, 1.82) is 0 Å². The van der Waals surface area contributed by atoms with Crippen LogP contribution in [0.3, 0.4) is 0 Å². The zero-order valence-electron chi connectivity index (χ0n) is 24.2. The Labute approximate surface area is 253 Å². The van der Waals surface area contributed by atoms with Crippen LogP contribution in [0.5, 0.6) is 5.75 Å². The first-order valence-corrected chi connectivity index (χ1v) is 14.7. The minimum absolute atomic E-state index is 0.0311. The summed E-state index contributed by atoms with van der Waals surface area (Å²) in [4.78, 5) is 42.7. The van der Waals surface area contributed by atoms with Crippen LogP contribution in [0.15, 0.2) is 107 Å². The second-order valence-electron chi connectivity index (χ2n) is 10.1. The topological polar surface area (TPSA) is 96.2 Å². The lowest BCUT2D eigenvalue weighted by Crippen LogP contribution is -2.27. The highest BCUT2D eigenvalue weighted by Crippen LogP contribution is 2.29. The zero-order valence-corrected chi connectivity index (χ0v) is 25.0. The number of hydrogen-bond donors (Lipinski definition) is 0. The lowest BCUT2D eigenvalue weighted by atomic mass is 9.79. The summed E-state index contributed by atoms with van der Waals surface area (Å²) >= 11 is 1.18. The minimum atomic E-state index is -0.501. The van der Waals surface area contributed by atoms with E-state index in [1.54, 1.807) is 23.6 Å². The molecule has 220 valence electrons. The van der Waals surface area contributed by atoms with E-state index in [2.05, 4.69) is 5.16 Å². The van der Waals surface area contributed by atoms with E-state index in [1.165, 1.54) is 25.6 Å². The maximum absolute atomic E-state index is 12.9. The summed E-state index contributed by atoms with van der Waals surface area (Å²) in [6.07, 6.45) is 5.53. The Morgan fingerprint density at radius 3 is 2.49 bits per heavy atom. The predicted octanol–water partition coefficient (Wildman–Crippen LogP) is 5.57. The fourth-order valence-electron chi connectivity index (χ4n) is 5.23. The van der Waals surface area contributed by atoms with Crippen LogP contribution in [-0.2, 0) is 32.1 Å². The summed E-state index contributed by atoms with van der Waals surface area (Å²) in [5.41, 5.74) is 5.01. The van der Waals surface area contributed by atoms with Crippen molar-refractivity contribution in [3.05, 3.63) is 123 Å². The van der Waals surface area contributed by atoms with Crippen LogP contribution < -0.4 is 9.61 Å². The summed E-state index contributed by atoms with van der Waals surface area (Å²) in [5.74, 6) is -0.654. The number of methoxy groups -OCH3 is 1. The number of benzene rings is 3. The molecule has 5 rings (SSSR count). The standard InChI is InChI=1S/C34H32N2O6S/c1-22(33(38)40-2)27-10-7-11-30(37)28(27)20-23-12-15-26(16-13-23)42-19-18-36-29-17-14-25(21-31(29)43-34(36)39)32(35-41-3)24-8-5-4-6-9-24/h4-17,21-22,28H,18-20H2,1-3H3. The molecule has 4 aromatic rings. The molecule has 0 spiro atoms. The number of thiazole rings is 1. The van der Waals surface area contributed by atoms with Crippen molar-refractivity contribution in [3.63, 3.8) is 0 Å². The van der Waals surface area contributed by atoms with Crippen LogP contribution in [0.4, 0.5) is 0 Å². The summed E-state index contributed by atoms with van der Waals surface area (Å²) in [7, 11) is 2.86. The maximum Gasteiger partial charge on any atom is 0.312 e. The van der Waals surface area contributed by atoms with Gasteiger partial charge in [-0.25, -0.2) is 0 Å². The third-order valence-corrected chi connectivity index (χ3v) is 8.41. The van der Waals surface area contributed by atoms with Crippen LogP contribution in [-0.4, -0.2) is 42.9 Å². The number of nitrogens with zero attached hydrogens (tertiary/aromatic N) is 2. The van der Waals surface area contributed by atoms with E-state index in [9.17, 15) is 14.4 Å². The van der Waals surface area contributed by atoms with Gasteiger partial charge < -0.3 is 14.3 Å². The molecule has 2 atom stereocenters. The van der Waals surface area contributed by atoms with Gasteiger partial charge in [-0.3, -0.25) is 19.0 Å². The monoisotopic (exact) mass is 596 g/mol. The SMILES string of the molecule is CON=C(c1ccccc1)c1ccc2c(c1)sc(=O)n2CCOc1ccc(CC2C(=O)C=CC=C2C(C)C(=O)OC)cc1. The highest BCUT2D eigenvalue weighted by Gasteiger charge is 2.30. The molecule has 2 unspecified atom stereocenters. The van der Waals surface area contributed by atoms with Crippen molar-refractivity contribution in [2.45, 2.75) is 19.9 Å². The molecule has 0 amide bonds. The van der Waals surface area contributed by atoms with Crippen LogP contribution in [0, 0.1) is 11.8 Å². The first kappa shape index (κ1) is 29.7. The fraction of sp³-hybridized carbons (Fsp3) is 0.235. The summed E-state index contributed by atoms with van der Waals surface area (Å²) < 4.78 is 13.4. The van der Waals surface area contributed by atoms with E-state index in [1.807, 2.05) is 78.9 Å². The molecule has 1 heterocycles. The van der Waals surface area contributed by atoms with E-state index in [0.717, 1.165) is 32.5 Å². The second-order valence-corrected chi connectivity index (χ2v) is 11.1. The Morgan fingerprint density at radius 1 is 1.00 bits per heavy atom. The van der Waals surface area contributed by atoms with Crippen molar-refractivity contribution in [3.8, 4) is 5.75 Å². The number of carbonyl (C=O) groups excluding carboxylic acids is 2. The number of carbonyl (C=O) groups is 2. The van der Waals surface area contributed by atoms with Gasteiger partial charge in [0.25, 0.3) is 0 Å². The molecule has 0 bridgehead atoms. The van der Waals surface area contributed by atoms with Gasteiger partial charge in [-0.15, -0.1) is 0 Å². The van der Waals surface area contributed by atoms with E-state index in [0.29, 0.717) is 31.0 Å². The Kier molecular flexibility index (Phi) is 9.32. The molecule has 3 aromatic carbocycles. The second kappa shape index (κ2) is 13.5. The Hall–Kier alpha value is -4.76. The molecule has 9 heteroatoms. The van der Waals surface area contributed by atoms with Gasteiger partial charge in [0.15, 0.2) is 5.78 Å². The van der Waals surface area contributed by atoms with Crippen LogP contribution in [0.25, 0.3) is 10.2 Å². The number of rotatable bonds is 11. The quantitative estimate of drug-likeness (QED) is 0.128. The molecular formula is C34H32N2O6S. The van der Waals surface area contributed by atoms with Crippen molar-refractivity contribution >= 4 is 39.0 Å². The molecule has 0 saturated heterocycles. The normalized spacial score (nSPS) is 15.7. The zero-order chi connectivity index (χ0) is 30.3. The summed E-state index contributed by atoms with van der Waals surface area (Å²) in [6, 6.07) is 23.1. The van der Waals surface area contributed by atoms with Crippen molar-refractivity contribution < 1.29 is 23.9 Å². The molecule has 0 aliphatic heterocycles. The average Bonchev–Trinajstić information content (AvgIpc) is 3.35. The molecule has 0 N–H and O–H groups in total. The maximum atomic E-state index is 12.9. The number of hydrogen-bond acceptors (Lipinski definition) is 8. The summed E-state index contributed by atoms with van der Waals surface area (Å²) in [6.45, 7) is 2.45. The molecular weight excluding hydrogens is 564 g/mol. The lowest BCUT2D eigenvalue weighted by molar-refractivity contribution is -0.143. The number of ether oxygens (including phenoxy) is 2. The molecule has 1 aliphatic rings. The summed E-state index contributed by atoms with van der Waals surface area (Å²) in [5, 5.41) is 4.22. The van der Waals surface area contributed by atoms with Crippen LogP contribution >= 0.6 is 11.3 Å². The smallest absolute Gasteiger partial charge is 0.312 e. The number of allylic oxidation sites excluding steroid dienone is 3. The molecule has 0 saturated carbocycles. The van der Waals surface area contributed by atoms with Gasteiger partial charge in [0.1, 0.15) is 25.2 Å². The van der Waals surface area contributed by atoms with Gasteiger partial charge in [0, 0.05) is 17.0 Å².